The van der Waals surface area contributed by atoms with Crippen molar-refractivity contribution >= 4 is 29.3 Å². The summed E-state index contributed by atoms with van der Waals surface area (Å²) in [7, 11) is 0. The van der Waals surface area contributed by atoms with Crippen LogP contribution in [-0.2, 0) is 11.3 Å². The van der Waals surface area contributed by atoms with Crippen molar-refractivity contribution in [3.8, 4) is 5.88 Å². The summed E-state index contributed by atoms with van der Waals surface area (Å²) in [4.78, 5) is 26.9. The van der Waals surface area contributed by atoms with Gasteiger partial charge in [0.15, 0.2) is 5.16 Å². The molecule has 0 saturated carbocycles. The van der Waals surface area contributed by atoms with Crippen molar-refractivity contribution in [2.24, 2.45) is 0 Å². The lowest BCUT2D eigenvalue weighted by atomic mass is 10.1. The summed E-state index contributed by atoms with van der Waals surface area (Å²) in [6.45, 7) is 4.15. The standard InChI is InChI=1S/C23H33N7O2S/c24-19-16-20(25)29-23(28-19)33-14-6-7-21(31)26-9-2-5-13-32-22-15-18(8-10-27-22)17-30-11-3-1-4-12-30/h2,5,8,10,15-16H,1,3-4,6-7,9,11-14,17H2,(H,26,31)(H4,24,25,28,29). The van der Waals surface area contributed by atoms with Gasteiger partial charge in [0.25, 0.3) is 0 Å². The maximum absolute atomic E-state index is 11.9. The predicted molar refractivity (Wildman–Crippen MR) is 132 cm³/mol. The minimum Gasteiger partial charge on any atom is -0.473 e. The van der Waals surface area contributed by atoms with Crippen LogP contribution in [0.3, 0.4) is 0 Å². The maximum Gasteiger partial charge on any atom is 0.220 e. The van der Waals surface area contributed by atoms with Crippen LogP contribution < -0.4 is 21.5 Å². The highest BCUT2D eigenvalue weighted by molar-refractivity contribution is 7.99. The molecule has 10 heteroatoms. The summed E-state index contributed by atoms with van der Waals surface area (Å²) in [5, 5.41) is 3.40. The van der Waals surface area contributed by atoms with Crippen molar-refractivity contribution in [2.45, 2.75) is 43.8 Å². The number of aromatic nitrogens is 3. The zero-order valence-electron chi connectivity index (χ0n) is 18.9. The molecule has 1 saturated heterocycles. The van der Waals surface area contributed by atoms with E-state index in [2.05, 4.69) is 25.2 Å². The van der Waals surface area contributed by atoms with Gasteiger partial charge >= 0.3 is 0 Å². The van der Waals surface area contributed by atoms with E-state index in [1.165, 1.54) is 42.7 Å². The van der Waals surface area contributed by atoms with Crippen LogP contribution in [0.25, 0.3) is 0 Å². The minimum absolute atomic E-state index is 0.00116. The molecule has 0 atom stereocenters. The molecule has 1 aliphatic heterocycles. The van der Waals surface area contributed by atoms with E-state index in [-0.39, 0.29) is 5.91 Å². The van der Waals surface area contributed by atoms with E-state index in [9.17, 15) is 4.79 Å². The average molecular weight is 472 g/mol. The van der Waals surface area contributed by atoms with Gasteiger partial charge < -0.3 is 21.5 Å². The first-order valence-corrected chi connectivity index (χ1v) is 12.3. The Labute approximate surface area is 199 Å². The highest BCUT2D eigenvalue weighted by Crippen LogP contribution is 2.18. The monoisotopic (exact) mass is 471 g/mol. The van der Waals surface area contributed by atoms with E-state index in [0.717, 1.165) is 19.6 Å². The lowest BCUT2D eigenvalue weighted by Crippen LogP contribution is -2.29. The van der Waals surface area contributed by atoms with Crippen molar-refractivity contribution in [2.75, 3.05) is 43.5 Å². The molecule has 9 nitrogen and oxygen atoms in total. The number of nitrogens with one attached hydrogen (secondary N) is 1. The molecule has 1 aliphatic rings. The third-order valence-corrected chi connectivity index (χ3v) is 6.02. The molecule has 178 valence electrons. The van der Waals surface area contributed by atoms with Gasteiger partial charge in [-0.2, -0.15) is 0 Å². The maximum atomic E-state index is 11.9. The number of carbonyl (C=O) groups excluding carboxylic acids is 1. The third kappa shape index (κ3) is 9.67. The number of hydrogen-bond donors (Lipinski definition) is 3. The lowest BCUT2D eigenvalue weighted by molar-refractivity contribution is -0.120. The molecule has 0 spiro atoms. The van der Waals surface area contributed by atoms with E-state index in [1.54, 1.807) is 6.20 Å². The van der Waals surface area contributed by atoms with Crippen LogP contribution >= 0.6 is 11.8 Å². The number of hydrogen-bond acceptors (Lipinski definition) is 9. The van der Waals surface area contributed by atoms with Gasteiger partial charge in [-0.15, -0.1) is 0 Å². The number of carbonyl (C=O) groups is 1. The summed E-state index contributed by atoms with van der Waals surface area (Å²) in [6, 6.07) is 5.56. The second-order valence-electron chi connectivity index (χ2n) is 7.88. The van der Waals surface area contributed by atoms with Crippen molar-refractivity contribution < 1.29 is 9.53 Å². The fourth-order valence-corrected chi connectivity index (χ4v) is 4.28. The summed E-state index contributed by atoms with van der Waals surface area (Å²) < 4.78 is 5.72. The summed E-state index contributed by atoms with van der Waals surface area (Å²) in [6.07, 6.45) is 10.6. The number of amides is 1. The fourth-order valence-electron chi connectivity index (χ4n) is 3.47. The van der Waals surface area contributed by atoms with Crippen LogP contribution in [0.1, 0.15) is 37.7 Å². The molecule has 1 fully saturated rings. The van der Waals surface area contributed by atoms with Crippen LogP contribution in [0.15, 0.2) is 41.7 Å². The Morgan fingerprint density at radius 1 is 1.15 bits per heavy atom. The van der Waals surface area contributed by atoms with Crippen molar-refractivity contribution in [3.63, 3.8) is 0 Å². The van der Waals surface area contributed by atoms with Gasteiger partial charge in [-0.1, -0.05) is 24.3 Å². The number of nitrogens with two attached hydrogens (primary N) is 2. The predicted octanol–water partition coefficient (Wildman–Crippen LogP) is 2.65. The summed E-state index contributed by atoms with van der Waals surface area (Å²) in [5.41, 5.74) is 12.5. The average Bonchev–Trinajstić information content (AvgIpc) is 2.79. The van der Waals surface area contributed by atoms with E-state index < -0.39 is 0 Å². The van der Waals surface area contributed by atoms with Gasteiger partial charge in [0, 0.05) is 43.6 Å². The quantitative estimate of drug-likeness (QED) is 0.185. The van der Waals surface area contributed by atoms with Gasteiger partial charge in [0.1, 0.15) is 18.2 Å². The van der Waals surface area contributed by atoms with Crippen LogP contribution in [-0.4, -0.2) is 57.8 Å². The molecule has 1 amide bonds. The number of nitrogen functional groups attached to an aromatic ring is 2. The van der Waals surface area contributed by atoms with Crippen LogP contribution in [0.2, 0.25) is 0 Å². The Morgan fingerprint density at radius 3 is 2.73 bits per heavy atom. The number of ether oxygens (including phenoxy) is 1. The topological polar surface area (TPSA) is 132 Å². The largest absolute Gasteiger partial charge is 0.473 e. The second-order valence-corrected chi connectivity index (χ2v) is 8.94. The molecule has 0 aromatic carbocycles. The molecule has 2 aromatic rings. The van der Waals surface area contributed by atoms with Gasteiger partial charge in [-0.3, -0.25) is 9.69 Å². The zero-order valence-corrected chi connectivity index (χ0v) is 19.7. The van der Waals surface area contributed by atoms with Crippen LogP contribution in [0, 0.1) is 0 Å². The smallest absolute Gasteiger partial charge is 0.220 e. The molecule has 0 bridgehead atoms. The first-order valence-electron chi connectivity index (χ1n) is 11.3. The normalized spacial score (nSPS) is 14.4. The molecular formula is C23H33N7O2S. The first kappa shape index (κ1) is 24.8. The molecular weight excluding hydrogens is 438 g/mol. The summed E-state index contributed by atoms with van der Waals surface area (Å²) in [5.74, 6) is 2.03. The number of piperidine rings is 1. The summed E-state index contributed by atoms with van der Waals surface area (Å²) >= 11 is 1.43. The van der Waals surface area contributed by atoms with Gasteiger partial charge in [0.05, 0.1) is 0 Å². The molecule has 0 aliphatic carbocycles. The van der Waals surface area contributed by atoms with Crippen LogP contribution in [0.5, 0.6) is 5.88 Å². The molecule has 3 heterocycles. The van der Waals surface area contributed by atoms with E-state index in [1.807, 2.05) is 24.3 Å². The van der Waals surface area contributed by atoms with Crippen molar-refractivity contribution in [1.82, 2.24) is 25.2 Å². The number of anilines is 2. The number of likely N-dealkylation sites (tertiary alicyclic amines) is 1. The van der Waals surface area contributed by atoms with Crippen LogP contribution in [0.4, 0.5) is 11.6 Å². The lowest BCUT2D eigenvalue weighted by Gasteiger charge is -2.26. The fraction of sp³-hybridized carbons (Fsp3) is 0.478. The Bertz CT molecular complexity index is 899. The Morgan fingerprint density at radius 2 is 1.94 bits per heavy atom. The highest BCUT2D eigenvalue weighted by atomic mass is 32.2. The number of rotatable bonds is 12. The Hall–Kier alpha value is -2.85. The van der Waals surface area contributed by atoms with Crippen molar-refractivity contribution in [3.05, 3.63) is 42.1 Å². The Balaban J connectivity index is 1.25. The van der Waals surface area contributed by atoms with E-state index >= 15 is 0 Å². The molecule has 5 N–H and O–H groups in total. The van der Waals surface area contributed by atoms with Gasteiger partial charge in [0.2, 0.25) is 11.8 Å². The molecule has 3 rings (SSSR count). The highest BCUT2D eigenvalue weighted by Gasteiger charge is 2.11. The Kier molecular flexibility index (Phi) is 10.2. The van der Waals surface area contributed by atoms with E-state index in [4.69, 9.17) is 16.2 Å². The van der Waals surface area contributed by atoms with Crippen molar-refractivity contribution in [1.29, 1.82) is 0 Å². The van der Waals surface area contributed by atoms with Gasteiger partial charge in [-0.25, -0.2) is 15.0 Å². The molecule has 33 heavy (non-hydrogen) atoms. The molecule has 2 aromatic heterocycles. The number of thioether (sulfide) groups is 1. The third-order valence-electron chi connectivity index (χ3n) is 5.09. The van der Waals surface area contributed by atoms with E-state index in [0.29, 0.717) is 54.4 Å². The van der Waals surface area contributed by atoms with Gasteiger partial charge in [-0.05, 0) is 50.1 Å². The SMILES string of the molecule is Nc1cc(N)nc(SCCCC(=O)NCC=CCOc2cc(CN3CCCCC3)ccn2)n1. The minimum atomic E-state index is 0.00116. The second kappa shape index (κ2) is 13.6. The first-order chi connectivity index (χ1) is 16.1. The number of pyridine rings is 1. The molecule has 0 radical (unpaired) electrons. The zero-order chi connectivity index (χ0) is 23.3. The molecule has 0 unspecified atom stereocenters. The number of nitrogens with zero attached hydrogens (tertiary/aromatic N) is 4.